The van der Waals surface area contributed by atoms with Gasteiger partial charge < -0.3 is 9.88 Å². The number of thioether (sulfide) groups is 1. The molecule has 1 aromatic rings. The second-order valence-electron chi connectivity index (χ2n) is 4.87. The van der Waals surface area contributed by atoms with E-state index in [2.05, 4.69) is 32.8 Å². The van der Waals surface area contributed by atoms with Gasteiger partial charge in [-0.3, -0.25) is 0 Å². The van der Waals surface area contributed by atoms with Crippen LogP contribution >= 0.6 is 11.8 Å². The van der Waals surface area contributed by atoms with Crippen molar-refractivity contribution in [3.05, 3.63) is 18.2 Å². The second-order valence-corrected chi connectivity index (χ2v) is 6.02. The molecule has 0 bridgehead atoms. The van der Waals surface area contributed by atoms with Crippen molar-refractivity contribution in [1.29, 1.82) is 0 Å². The molecule has 2 atom stereocenters. The average Bonchev–Trinajstić information content (AvgIpc) is 2.97. The van der Waals surface area contributed by atoms with Crippen molar-refractivity contribution in [3.8, 4) is 0 Å². The van der Waals surface area contributed by atoms with Crippen molar-refractivity contribution in [1.82, 2.24) is 14.9 Å². The first-order chi connectivity index (χ1) is 7.92. The van der Waals surface area contributed by atoms with Crippen LogP contribution in [0.1, 0.15) is 18.7 Å². The lowest BCUT2D eigenvalue weighted by Gasteiger charge is -2.25. The third-order valence-electron chi connectivity index (χ3n) is 3.66. The largest absolute Gasteiger partial charge is 0.335 e. The minimum Gasteiger partial charge on any atom is -0.335 e. The third kappa shape index (κ3) is 2.28. The zero-order valence-electron chi connectivity index (χ0n) is 9.56. The fourth-order valence-electron chi connectivity index (χ4n) is 2.63. The molecule has 4 heteroatoms. The number of hydrogen-bond acceptors (Lipinski definition) is 3. The highest BCUT2D eigenvalue weighted by molar-refractivity contribution is 7.99. The summed E-state index contributed by atoms with van der Waals surface area (Å²) in [6, 6.07) is 0.772. The maximum absolute atomic E-state index is 4.37. The maximum atomic E-state index is 4.37. The van der Waals surface area contributed by atoms with Crippen LogP contribution in [-0.2, 0) is 13.0 Å². The molecule has 3 rings (SSSR count). The van der Waals surface area contributed by atoms with Gasteiger partial charge in [-0.25, -0.2) is 4.98 Å². The average molecular weight is 237 g/mol. The van der Waals surface area contributed by atoms with Crippen LogP contribution in [0.25, 0.3) is 0 Å². The molecule has 3 nitrogen and oxygen atoms in total. The van der Waals surface area contributed by atoms with Crippen LogP contribution in [0.15, 0.2) is 12.4 Å². The standard InChI is InChI=1S/C12H19N3S/c1-2-12-13-4-5-15(12)8-10(1)7-14-11-3-6-16-9-11/h4-5,10-11,14H,1-3,6-9H2/t10-,11+/m1/s1. The molecule has 1 saturated heterocycles. The molecule has 1 aromatic heterocycles. The Labute approximate surface area is 101 Å². The van der Waals surface area contributed by atoms with Crippen LogP contribution in [0.4, 0.5) is 0 Å². The van der Waals surface area contributed by atoms with E-state index in [1.807, 2.05) is 6.20 Å². The van der Waals surface area contributed by atoms with Crippen molar-refractivity contribution in [2.45, 2.75) is 31.8 Å². The zero-order chi connectivity index (χ0) is 10.8. The van der Waals surface area contributed by atoms with E-state index in [1.165, 1.54) is 36.7 Å². The molecule has 88 valence electrons. The van der Waals surface area contributed by atoms with E-state index in [0.717, 1.165) is 24.9 Å². The smallest absolute Gasteiger partial charge is 0.108 e. The number of imidazole rings is 1. The summed E-state index contributed by atoms with van der Waals surface area (Å²) in [6.45, 7) is 2.34. The molecule has 0 unspecified atom stereocenters. The van der Waals surface area contributed by atoms with Crippen LogP contribution in [0, 0.1) is 5.92 Å². The number of hydrogen-bond donors (Lipinski definition) is 1. The highest BCUT2D eigenvalue weighted by atomic mass is 32.2. The Morgan fingerprint density at radius 1 is 1.50 bits per heavy atom. The fraction of sp³-hybridized carbons (Fsp3) is 0.750. The van der Waals surface area contributed by atoms with Gasteiger partial charge in [-0.2, -0.15) is 11.8 Å². The normalized spacial score (nSPS) is 29.2. The SMILES string of the molecule is c1cn2c(n1)CC[C@H](CN[C@H]1CCSC1)C2. The van der Waals surface area contributed by atoms with E-state index in [4.69, 9.17) is 0 Å². The monoisotopic (exact) mass is 237 g/mol. The summed E-state index contributed by atoms with van der Waals surface area (Å²) in [7, 11) is 0. The van der Waals surface area contributed by atoms with Gasteiger partial charge in [-0.05, 0) is 31.1 Å². The predicted molar refractivity (Wildman–Crippen MR) is 67.8 cm³/mol. The number of rotatable bonds is 3. The predicted octanol–water partition coefficient (Wildman–Crippen LogP) is 1.54. The molecule has 0 radical (unpaired) electrons. The number of aryl methyl sites for hydroxylation is 1. The van der Waals surface area contributed by atoms with E-state index in [9.17, 15) is 0 Å². The third-order valence-corrected chi connectivity index (χ3v) is 4.82. The van der Waals surface area contributed by atoms with E-state index in [1.54, 1.807) is 0 Å². The summed E-state index contributed by atoms with van der Waals surface area (Å²) in [5.41, 5.74) is 0. The lowest BCUT2D eigenvalue weighted by molar-refractivity contribution is 0.336. The van der Waals surface area contributed by atoms with Gasteiger partial charge in [0, 0.05) is 37.2 Å². The molecule has 0 saturated carbocycles. The molecule has 0 spiro atoms. The Hall–Kier alpha value is -0.480. The fourth-order valence-corrected chi connectivity index (χ4v) is 3.82. The number of fused-ring (bicyclic) bond motifs is 1. The van der Waals surface area contributed by atoms with E-state index >= 15 is 0 Å². The zero-order valence-corrected chi connectivity index (χ0v) is 10.4. The highest BCUT2D eigenvalue weighted by Crippen LogP contribution is 2.20. The molecule has 1 N–H and O–H groups in total. The molecule has 2 aliphatic heterocycles. The molecule has 0 aromatic carbocycles. The van der Waals surface area contributed by atoms with Crippen LogP contribution in [0.3, 0.4) is 0 Å². The Balaban J connectivity index is 1.50. The van der Waals surface area contributed by atoms with E-state index in [-0.39, 0.29) is 0 Å². The molecular weight excluding hydrogens is 218 g/mol. The van der Waals surface area contributed by atoms with Crippen LogP contribution in [0.5, 0.6) is 0 Å². The summed E-state index contributed by atoms with van der Waals surface area (Å²) in [5, 5.41) is 3.72. The van der Waals surface area contributed by atoms with Crippen molar-refractivity contribution in [2.75, 3.05) is 18.1 Å². The molecule has 0 aliphatic carbocycles. The first-order valence-corrected chi connectivity index (χ1v) is 7.38. The molecule has 0 amide bonds. The summed E-state index contributed by atoms with van der Waals surface area (Å²) >= 11 is 2.08. The summed E-state index contributed by atoms with van der Waals surface area (Å²) in [4.78, 5) is 4.37. The lowest BCUT2D eigenvalue weighted by Crippen LogP contribution is -2.36. The van der Waals surface area contributed by atoms with Gasteiger partial charge in [0.25, 0.3) is 0 Å². The Kier molecular flexibility index (Phi) is 3.20. The van der Waals surface area contributed by atoms with Gasteiger partial charge >= 0.3 is 0 Å². The maximum Gasteiger partial charge on any atom is 0.108 e. The Bertz CT molecular complexity index is 344. The van der Waals surface area contributed by atoms with Gasteiger partial charge in [-0.15, -0.1) is 0 Å². The van der Waals surface area contributed by atoms with Crippen LogP contribution < -0.4 is 5.32 Å². The molecule has 1 fully saturated rings. The first kappa shape index (κ1) is 10.7. The first-order valence-electron chi connectivity index (χ1n) is 6.23. The second kappa shape index (κ2) is 4.80. The summed E-state index contributed by atoms with van der Waals surface area (Å²) in [6.07, 6.45) is 7.85. The van der Waals surface area contributed by atoms with Gasteiger partial charge in [0.15, 0.2) is 0 Å². The van der Waals surface area contributed by atoms with E-state index in [0.29, 0.717) is 0 Å². The van der Waals surface area contributed by atoms with Crippen molar-refractivity contribution >= 4 is 11.8 Å². The minimum atomic E-state index is 0.772. The Morgan fingerprint density at radius 2 is 2.50 bits per heavy atom. The molecule has 3 heterocycles. The quantitative estimate of drug-likeness (QED) is 0.865. The Morgan fingerprint density at radius 3 is 3.38 bits per heavy atom. The van der Waals surface area contributed by atoms with Crippen LogP contribution in [0.2, 0.25) is 0 Å². The van der Waals surface area contributed by atoms with Crippen molar-refractivity contribution < 1.29 is 0 Å². The lowest BCUT2D eigenvalue weighted by atomic mass is 9.99. The van der Waals surface area contributed by atoms with Gasteiger partial charge in [0.05, 0.1) is 0 Å². The highest BCUT2D eigenvalue weighted by Gasteiger charge is 2.21. The minimum absolute atomic E-state index is 0.772. The topological polar surface area (TPSA) is 29.9 Å². The molecule has 16 heavy (non-hydrogen) atoms. The number of nitrogens with zero attached hydrogens (tertiary/aromatic N) is 2. The number of aromatic nitrogens is 2. The summed E-state index contributed by atoms with van der Waals surface area (Å²) < 4.78 is 2.32. The summed E-state index contributed by atoms with van der Waals surface area (Å²) in [5.74, 6) is 4.72. The molecule has 2 aliphatic rings. The number of nitrogens with one attached hydrogen (secondary N) is 1. The van der Waals surface area contributed by atoms with Crippen molar-refractivity contribution in [2.24, 2.45) is 5.92 Å². The van der Waals surface area contributed by atoms with E-state index < -0.39 is 0 Å². The van der Waals surface area contributed by atoms with Crippen molar-refractivity contribution in [3.63, 3.8) is 0 Å². The molecular formula is C12H19N3S. The van der Waals surface area contributed by atoms with Crippen LogP contribution in [-0.4, -0.2) is 33.6 Å². The van der Waals surface area contributed by atoms with Gasteiger partial charge in [0.1, 0.15) is 5.82 Å². The van der Waals surface area contributed by atoms with Gasteiger partial charge in [-0.1, -0.05) is 0 Å². The van der Waals surface area contributed by atoms with Gasteiger partial charge in [0.2, 0.25) is 0 Å².